The molecule has 0 bridgehead atoms. The van der Waals surface area contributed by atoms with Crippen LogP contribution < -0.4 is 72.8 Å². The number of anilines is 4. The molecule has 8 aliphatic rings. The smallest absolute Gasteiger partial charge is 1.00 e. The molecule has 137 heavy (non-hydrogen) atoms. The monoisotopic (exact) mass is 2140 g/mol. The number of hydrogen-bond acceptors (Lipinski definition) is 23. The first-order chi connectivity index (χ1) is 63.8. The summed E-state index contributed by atoms with van der Waals surface area (Å²) >= 11 is 15.0. The van der Waals surface area contributed by atoms with Crippen LogP contribution in [0.4, 0.5) is 72.7 Å². The molecule has 0 saturated carbocycles. The van der Waals surface area contributed by atoms with Crippen LogP contribution in [0.3, 0.4) is 0 Å². The molecule has 7 aromatic heterocycles. The van der Waals surface area contributed by atoms with Gasteiger partial charge in [-0.15, -0.1) is 0 Å². The largest absolute Gasteiger partial charge is 1.00 e. The average Bonchev–Trinajstić information content (AvgIpc) is 1.50. The molecule has 3 radical (unpaired) electrons. The molecule has 0 spiro atoms. The number of imidazole rings is 4. The number of nitrogen functional groups attached to an aromatic ring is 1. The van der Waals surface area contributed by atoms with E-state index in [1.807, 2.05) is 107 Å². The Balaban J connectivity index is 0.000000160. The standard InChI is InChI=1S/C25H26F2N8O.C17H22BFN2O3.C15H11ClF2N4O.C12H12BrF2NO.C11H10BrFN2O.C6H4BrF2N.C6H10O2.CH4.B.K.H/c1-15-13-36-14-22-31-24-18(26)9-16(10-20(24)35(15)22)23-19(27)12-29-25(32-23)30-21-4-3-17(11-28-21)34-7-5-33(2)6-8-34;1-10-8-22-9-14-20-15-12(19)6-11(7-13(15)21(10)14)18-23-16(2,3)17(4,5)24-18;1-7-5-23-6-12-20-14-9(17)2-8(3-11(14)22(7)12)13-10(18)4-19-15(16)21-13;1-7-2-9(6-17-5-7)16-12-10(14)3-8(13)4-11(12)15;1-6-4-16-5-10-14-11-8(13)2-7(12)3-9(11)15(6)10;7-3-1-4(8)6(10)5(9)2-3;1-5-2-6(7)4-8-3-5;;;;/h3-4,9-12,15H,5-8,13-14H2,1-2H3,(H,28,29,30,32);6-7,10H,8-9H2,1-5H3;2-4,7H,5-6H2,1H3;3-4,7H,2,5-6H2,1H3;2-3,6H,4-5H2,1H3;1-2H,10H2;5H,2-4H2,1H3;1H4;;;/q;;;;;;;;;+1;-1/i;;;;;;;;;;1+2. The Kier molecular flexibility index (Phi) is 36.2. The summed E-state index contributed by atoms with van der Waals surface area (Å²) < 4.78 is 192. The number of carbonyl (C=O) groups excluding carboxylic acids is 1. The van der Waals surface area contributed by atoms with Gasteiger partial charge in [0.25, 0.3) is 0 Å². The maximum absolute atomic E-state index is 15.0. The van der Waals surface area contributed by atoms with Crippen molar-refractivity contribution in [1.82, 2.24) is 68.0 Å². The van der Waals surface area contributed by atoms with Crippen LogP contribution in [0.25, 0.3) is 66.6 Å². The van der Waals surface area contributed by atoms with E-state index in [1.165, 1.54) is 36.4 Å². The van der Waals surface area contributed by atoms with Gasteiger partial charge in [-0.05, 0) is 183 Å². The number of fused-ring (bicyclic) bond motifs is 12. The van der Waals surface area contributed by atoms with Crippen LogP contribution in [0.2, 0.25) is 5.28 Å². The van der Waals surface area contributed by atoms with Crippen molar-refractivity contribution in [2.24, 2.45) is 16.8 Å². The Morgan fingerprint density at radius 3 is 1.32 bits per heavy atom. The SMILES string of the molecule is C.CC1COCC(=Nc2c(F)cc(Br)cc2F)C1.CC1COCC(=O)C1.CC1COCc2nc3c(F)cc(-c4nc(Cl)ncc4F)cc3n21.CC1COCc2nc3c(F)cc(-c4nc(Nc5ccc(N6CCN(C)CC6)cn5)ncc4F)cc3n21.CC1COCc2nc3c(F)cc(B4OC(C)(C)C(C)(C)O4)cc3n21.CC1COCc2nc3c(F)cc(Br)cc3n21.Nc1c(F)cc(Br)cc1F.[3H-].[B].[K+]. The number of likely N-dealkylation sites (N-methyl/N-ethyl adjacent to an activating group) is 1. The van der Waals surface area contributed by atoms with Crippen LogP contribution in [0, 0.1) is 70.0 Å². The first-order valence-electron chi connectivity index (χ1n) is 43.1. The molecule has 8 aliphatic heterocycles. The van der Waals surface area contributed by atoms with Crippen molar-refractivity contribution in [3.63, 3.8) is 0 Å². The van der Waals surface area contributed by atoms with E-state index >= 15 is 4.39 Å². The predicted octanol–water partition coefficient (Wildman–Crippen LogP) is 17.0. The zero-order valence-electron chi connectivity index (χ0n) is 77.4. The number of nitrogens with zero attached hydrogens (tertiary/aromatic N) is 16. The van der Waals surface area contributed by atoms with E-state index in [0.717, 1.165) is 96.6 Å². The Bertz CT molecular complexity index is 6540. The molecule has 21 rings (SSSR count). The van der Waals surface area contributed by atoms with Gasteiger partial charge in [0.2, 0.25) is 11.2 Å². The van der Waals surface area contributed by atoms with Crippen molar-refractivity contribution in [3.8, 4) is 22.5 Å². The third kappa shape index (κ3) is 24.9. The van der Waals surface area contributed by atoms with Crippen LogP contribution in [-0.2, 0) is 69.0 Å². The van der Waals surface area contributed by atoms with E-state index in [2.05, 4.69) is 124 Å². The average molecular weight is 2140 g/mol. The quantitative estimate of drug-likeness (QED) is 0.0649. The van der Waals surface area contributed by atoms with E-state index in [4.69, 9.17) is 55.1 Å². The zero-order chi connectivity index (χ0) is 95.6. The topological polar surface area (TPSA) is 284 Å². The number of benzene rings is 6. The summed E-state index contributed by atoms with van der Waals surface area (Å²) in [5.41, 5.74) is 10.4. The summed E-state index contributed by atoms with van der Waals surface area (Å²) in [6, 6.07) is 21.3. The molecule has 0 aliphatic carbocycles. The first-order valence-corrected chi connectivity index (χ1v) is 45.9. The zero-order valence-corrected chi connectivity index (χ0v) is 85.0. The number of nitrogens with one attached hydrogen (secondary N) is 1. The van der Waals surface area contributed by atoms with Gasteiger partial charge in [-0.2, -0.15) is 0 Å². The number of aromatic nitrogens is 13. The van der Waals surface area contributed by atoms with Crippen molar-refractivity contribution in [1.29, 1.82) is 0 Å². The normalized spacial score (nSPS) is 19.9. The Labute approximate surface area is 860 Å². The van der Waals surface area contributed by atoms with Crippen molar-refractivity contribution >= 4 is 165 Å². The number of rotatable bonds is 7. The van der Waals surface area contributed by atoms with Gasteiger partial charge in [0.1, 0.15) is 119 Å². The van der Waals surface area contributed by atoms with Gasteiger partial charge in [-0.1, -0.05) is 69.1 Å². The summed E-state index contributed by atoms with van der Waals surface area (Å²) in [6.45, 7) is 29.8. The summed E-state index contributed by atoms with van der Waals surface area (Å²) in [6.07, 6.45) is 5.27. The minimum Gasteiger partial charge on any atom is -1.00 e. The van der Waals surface area contributed by atoms with Gasteiger partial charge in [0, 0.05) is 77.9 Å². The number of carbonyl (C=O) groups is 1. The molecule has 44 heteroatoms. The Morgan fingerprint density at radius 2 is 0.876 bits per heavy atom. The summed E-state index contributed by atoms with van der Waals surface area (Å²) in [5, 5.41) is 2.93. The van der Waals surface area contributed by atoms with E-state index < -0.39 is 70.5 Å². The van der Waals surface area contributed by atoms with Gasteiger partial charge in [-0.25, -0.2) is 93.8 Å². The number of ether oxygens (including phenoxy) is 6. The van der Waals surface area contributed by atoms with Crippen molar-refractivity contribution < 1.29 is 139 Å². The molecule has 6 unspecified atom stereocenters. The Hall–Kier alpha value is -8.31. The fraction of sp³-hybridized carbons (Fsp3) is 0.409. The van der Waals surface area contributed by atoms with Crippen LogP contribution in [0.5, 0.6) is 0 Å². The maximum atomic E-state index is 15.0. The molecule has 4 saturated heterocycles. The van der Waals surface area contributed by atoms with Gasteiger partial charge in [0.15, 0.2) is 52.3 Å². The van der Waals surface area contributed by atoms with E-state index in [-0.39, 0.29) is 155 Å². The number of halogens is 14. The molecular formula is C93H100B2Br3ClF10KN18O9. The number of Topliss-reactive ketones (excluding diaryl/α,β-unsaturated/α-hetero) is 1. The van der Waals surface area contributed by atoms with Gasteiger partial charge in [0.05, 0.1) is 121 Å². The van der Waals surface area contributed by atoms with Gasteiger partial charge < -0.3 is 78.3 Å². The fourth-order valence-corrected chi connectivity index (χ4v) is 17.7. The van der Waals surface area contributed by atoms with Gasteiger partial charge >= 0.3 is 58.5 Å². The minimum atomic E-state index is -0.744. The molecular weight excluding hydrogens is 2040 g/mol. The van der Waals surface area contributed by atoms with Gasteiger partial charge in [-0.3, -0.25) is 4.79 Å². The fourth-order valence-electron chi connectivity index (χ4n) is 16.3. The van der Waals surface area contributed by atoms with E-state index in [0.29, 0.717) is 156 Å². The van der Waals surface area contributed by atoms with Crippen molar-refractivity contribution in [2.75, 3.05) is 102 Å². The van der Waals surface area contributed by atoms with Crippen LogP contribution >= 0.6 is 59.4 Å². The molecule has 27 nitrogen and oxygen atoms in total. The second kappa shape index (κ2) is 46.2. The predicted molar refractivity (Wildman–Crippen MR) is 511 cm³/mol. The third-order valence-electron chi connectivity index (χ3n) is 23.6. The molecule has 0 amide bonds. The molecule has 15 heterocycles. The third-order valence-corrected chi connectivity index (χ3v) is 25.1. The molecule has 4 fully saturated rings. The van der Waals surface area contributed by atoms with Crippen molar-refractivity contribution in [2.45, 2.75) is 151 Å². The van der Waals surface area contributed by atoms with Crippen LogP contribution in [-0.4, -0.2) is 192 Å². The first kappa shape index (κ1) is 108. The maximum Gasteiger partial charge on any atom is 1.00 e. The number of ketones is 1. The molecule has 3 N–H and O–H groups in total. The summed E-state index contributed by atoms with van der Waals surface area (Å²) in [5.74, 6) is -1.28. The number of piperazine rings is 1. The number of aliphatic imine (C=N–C) groups is 1. The van der Waals surface area contributed by atoms with Crippen molar-refractivity contribution in [3.05, 3.63) is 204 Å². The van der Waals surface area contributed by atoms with E-state index in [9.17, 15) is 44.3 Å². The molecule has 6 atom stereocenters. The Morgan fingerprint density at radius 1 is 0.474 bits per heavy atom. The van der Waals surface area contributed by atoms with E-state index in [1.54, 1.807) is 18.3 Å². The number of nitrogens with two attached hydrogens (primary N) is 1. The molecule has 6 aromatic carbocycles. The number of hydrogen-bond donors (Lipinski definition) is 2. The van der Waals surface area contributed by atoms with Crippen LogP contribution in [0.15, 0.2) is 122 Å². The molecule has 721 valence electrons. The second-order valence-corrected chi connectivity index (χ2v) is 37.9. The van der Waals surface area contributed by atoms with Crippen LogP contribution in [0.1, 0.15) is 138 Å². The molecule has 13 aromatic rings. The summed E-state index contributed by atoms with van der Waals surface area (Å²) in [7, 11) is 1.53. The minimum absolute atomic E-state index is 0. The second-order valence-electron chi connectivity index (χ2n) is 34.8. The number of pyridine rings is 1. The summed E-state index contributed by atoms with van der Waals surface area (Å²) in [4.78, 5) is 56.8.